The van der Waals surface area contributed by atoms with Gasteiger partial charge in [0.15, 0.2) is 9.84 Å². The first-order valence-electron chi connectivity index (χ1n) is 12.6. The lowest BCUT2D eigenvalue weighted by Gasteiger charge is -2.32. The smallest absolute Gasteiger partial charge is 0.490 e. The quantitative estimate of drug-likeness (QED) is 0.327. The van der Waals surface area contributed by atoms with Gasteiger partial charge < -0.3 is 14.6 Å². The van der Waals surface area contributed by atoms with Gasteiger partial charge in [0.1, 0.15) is 17.3 Å². The molecule has 0 bridgehead atoms. The molecular formula is C29H31F4NO6S. The fourth-order valence-corrected chi connectivity index (χ4v) is 4.83. The summed E-state index contributed by atoms with van der Waals surface area (Å²) >= 11 is 0. The SMILES string of the molecule is COc1ccc(F)c(CN2CCC(COc3ccc(-c4ccc(S(C)(=O)=O)cc4)cc3)CC2)c1.O=C(O)C(F)(F)F. The summed E-state index contributed by atoms with van der Waals surface area (Å²) in [5.41, 5.74) is 2.63. The van der Waals surface area contributed by atoms with Gasteiger partial charge in [-0.15, -0.1) is 0 Å². The first kappa shape index (κ1) is 31.9. The number of aliphatic carboxylic acids is 1. The van der Waals surface area contributed by atoms with E-state index in [-0.39, 0.29) is 5.82 Å². The van der Waals surface area contributed by atoms with E-state index in [0.29, 0.717) is 35.3 Å². The van der Waals surface area contributed by atoms with Gasteiger partial charge in [0.05, 0.1) is 18.6 Å². The summed E-state index contributed by atoms with van der Waals surface area (Å²) in [6.07, 6.45) is -1.86. The molecule has 0 atom stereocenters. The van der Waals surface area contributed by atoms with Crippen molar-refractivity contribution in [2.75, 3.05) is 33.1 Å². The van der Waals surface area contributed by atoms with E-state index < -0.39 is 22.0 Å². The highest BCUT2D eigenvalue weighted by Crippen LogP contribution is 2.26. The molecular weight excluding hydrogens is 566 g/mol. The number of piperidine rings is 1. The monoisotopic (exact) mass is 597 g/mol. The number of carboxylic acids is 1. The number of hydrogen-bond acceptors (Lipinski definition) is 6. The number of ether oxygens (including phenoxy) is 2. The molecule has 0 spiro atoms. The van der Waals surface area contributed by atoms with Crippen molar-refractivity contribution in [2.24, 2.45) is 5.92 Å². The Morgan fingerprint density at radius 3 is 1.95 bits per heavy atom. The lowest BCUT2D eigenvalue weighted by Crippen LogP contribution is -2.35. The molecule has 1 aliphatic heterocycles. The van der Waals surface area contributed by atoms with Crippen LogP contribution in [0.5, 0.6) is 11.5 Å². The van der Waals surface area contributed by atoms with E-state index in [1.165, 1.54) is 12.3 Å². The van der Waals surface area contributed by atoms with E-state index in [1.807, 2.05) is 36.4 Å². The number of hydrogen-bond donors (Lipinski definition) is 1. The first-order valence-corrected chi connectivity index (χ1v) is 14.5. The number of carboxylic acid groups (broad SMARTS) is 1. The maximum absolute atomic E-state index is 14.1. The van der Waals surface area contributed by atoms with Crippen LogP contribution >= 0.6 is 0 Å². The van der Waals surface area contributed by atoms with Gasteiger partial charge >= 0.3 is 12.1 Å². The van der Waals surface area contributed by atoms with Crippen LogP contribution in [-0.4, -0.2) is 63.6 Å². The van der Waals surface area contributed by atoms with Crippen LogP contribution in [-0.2, 0) is 21.2 Å². The minimum atomic E-state index is -5.08. The highest BCUT2D eigenvalue weighted by Gasteiger charge is 2.38. The molecule has 3 aromatic carbocycles. The number of carbonyl (C=O) groups is 1. The Labute approximate surface area is 236 Å². The lowest BCUT2D eigenvalue weighted by molar-refractivity contribution is -0.192. The zero-order valence-electron chi connectivity index (χ0n) is 22.5. The third-order valence-electron chi connectivity index (χ3n) is 6.55. The standard InChI is InChI=1S/C27H30FNO4S.C2HF3O2/c1-32-25-9-12-27(28)23(17-25)18-29-15-13-20(14-16-29)19-33-24-7-3-21(4-8-24)22-5-10-26(11-6-22)34(2,30)31;3-2(4,5)1(6)7/h3-12,17,20H,13-16,18-19H2,1-2H3;(H,6,7). The summed E-state index contributed by atoms with van der Waals surface area (Å²) in [7, 11) is -1.60. The molecule has 1 N–H and O–H groups in total. The molecule has 1 saturated heterocycles. The zero-order valence-corrected chi connectivity index (χ0v) is 23.3. The molecule has 1 aliphatic rings. The van der Waals surface area contributed by atoms with Crippen LogP contribution in [0.2, 0.25) is 0 Å². The highest BCUT2D eigenvalue weighted by molar-refractivity contribution is 7.90. The minimum absolute atomic E-state index is 0.193. The third-order valence-corrected chi connectivity index (χ3v) is 7.68. The number of methoxy groups -OCH3 is 1. The van der Waals surface area contributed by atoms with Gasteiger partial charge in [-0.2, -0.15) is 13.2 Å². The van der Waals surface area contributed by atoms with E-state index in [1.54, 1.807) is 31.4 Å². The summed E-state index contributed by atoms with van der Waals surface area (Å²) in [5.74, 6) is -0.989. The molecule has 7 nitrogen and oxygen atoms in total. The van der Waals surface area contributed by atoms with Gasteiger partial charge in [-0.25, -0.2) is 17.6 Å². The van der Waals surface area contributed by atoms with Gasteiger partial charge in [-0.05, 0) is 85.4 Å². The first-order chi connectivity index (χ1) is 19.3. The van der Waals surface area contributed by atoms with Crippen LogP contribution < -0.4 is 9.47 Å². The van der Waals surface area contributed by atoms with E-state index in [9.17, 15) is 26.0 Å². The third kappa shape index (κ3) is 9.75. The lowest BCUT2D eigenvalue weighted by atomic mass is 9.97. The second kappa shape index (κ2) is 13.8. The second-order valence-electron chi connectivity index (χ2n) is 9.61. The van der Waals surface area contributed by atoms with Crippen molar-refractivity contribution in [3.05, 3.63) is 78.1 Å². The average molecular weight is 598 g/mol. The molecule has 1 heterocycles. The molecule has 0 saturated carbocycles. The summed E-state index contributed by atoms with van der Waals surface area (Å²) in [6.45, 7) is 3.06. The number of likely N-dealkylation sites (tertiary alicyclic amines) is 1. The van der Waals surface area contributed by atoms with Crippen molar-refractivity contribution >= 4 is 15.8 Å². The Hall–Kier alpha value is -3.64. The van der Waals surface area contributed by atoms with Gasteiger partial charge in [0.2, 0.25) is 0 Å². The van der Waals surface area contributed by atoms with Crippen LogP contribution in [0.4, 0.5) is 17.6 Å². The minimum Gasteiger partial charge on any atom is -0.497 e. The number of benzene rings is 3. The van der Waals surface area contributed by atoms with E-state index in [0.717, 1.165) is 42.8 Å². The molecule has 3 aromatic rings. The summed E-state index contributed by atoms with van der Waals surface area (Å²) in [6, 6.07) is 19.6. The molecule has 4 rings (SSSR count). The van der Waals surface area contributed by atoms with Crippen LogP contribution in [0, 0.1) is 11.7 Å². The summed E-state index contributed by atoms with van der Waals surface area (Å²) < 4.78 is 80.4. The molecule has 0 aromatic heterocycles. The number of halogens is 4. The molecule has 0 unspecified atom stereocenters. The number of rotatable bonds is 8. The van der Waals surface area contributed by atoms with Crippen molar-refractivity contribution < 1.29 is 45.4 Å². The predicted octanol–water partition coefficient (Wildman–Crippen LogP) is 5.83. The van der Waals surface area contributed by atoms with Crippen LogP contribution in [0.25, 0.3) is 11.1 Å². The van der Waals surface area contributed by atoms with Gasteiger partial charge in [-0.1, -0.05) is 24.3 Å². The molecule has 0 aliphatic carbocycles. The zero-order chi connectivity index (χ0) is 30.2. The topological polar surface area (TPSA) is 93.1 Å². The molecule has 41 heavy (non-hydrogen) atoms. The Balaban J connectivity index is 0.000000587. The van der Waals surface area contributed by atoms with Crippen molar-refractivity contribution in [1.82, 2.24) is 4.90 Å². The van der Waals surface area contributed by atoms with Crippen LogP contribution in [0.3, 0.4) is 0 Å². The fourth-order valence-electron chi connectivity index (χ4n) is 4.20. The van der Waals surface area contributed by atoms with Crippen molar-refractivity contribution in [3.63, 3.8) is 0 Å². The largest absolute Gasteiger partial charge is 0.497 e. The summed E-state index contributed by atoms with van der Waals surface area (Å²) in [4.78, 5) is 11.5. The fraction of sp³-hybridized carbons (Fsp3) is 0.345. The Morgan fingerprint density at radius 2 is 1.46 bits per heavy atom. The molecule has 0 radical (unpaired) electrons. The maximum Gasteiger partial charge on any atom is 0.490 e. The number of nitrogens with zero attached hydrogens (tertiary/aromatic N) is 1. The molecule has 12 heteroatoms. The van der Waals surface area contributed by atoms with E-state index in [4.69, 9.17) is 19.4 Å². The molecule has 1 fully saturated rings. The van der Waals surface area contributed by atoms with Crippen molar-refractivity contribution in [1.29, 1.82) is 0 Å². The van der Waals surface area contributed by atoms with Crippen molar-refractivity contribution in [3.8, 4) is 22.6 Å². The van der Waals surface area contributed by atoms with E-state index in [2.05, 4.69) is 4.90 Å². The predicted molar refractivity (Wildman–Crippen MR) is 145 cm³/mol. The van der Waals surface area contributed by atoms with Gasteiger partial charge in [0.25, 0.3) is 0 Å². The molecule has 222 valence electrons. The Morgan fingerprint density at radius 1 is 0.951 bits per heavy atom. The Bertz CT molecular complexity index is 1400. The maximum atomic E-state index is 14.1. The summed E-state index contributed by atoms with van der Waals surface area (Å²) in [5, 5.41) is 7.12. The van der Waals surface area contributed by atoms with Crippen molar-refractivity contribution in [2.45, 2.75) is 30.5 Å². The van der Waals surface area contributed by atoms with Crippen LogP contribution in [0.15, 0.2) is 71.6 Å². The van der Waals surface area contributed by atoms with Gasteiger partial charge in [0, 0.05) is 18.4 Å². The highest BCUT2D eigenvalue weighted by atomic mass is 32.2. The Kier molecular flexibility index (Phi) is 10.7. The second-order valence-corrected chi connectivity index (χ2v) is 11.6. The number of alkyl halides is 3. The average Bonchev–Trinajstić information content (AvgIpc) is 2.93. The normalized spacial score (nSPS) is 14.6. The van der Waals surface area contributed by atoms with Gasteiger partial charge in [-0.3, -0.25) is 4.90 Å². The van der Waals surface area contributed by atoms with E-state index >= 15 is 0 Å². The van der Waals surface area contributed by atoms with Crippen LogP contribution in [0.1, 0.15) is 18.4 Å². The number of sulfone groups is 1. The molecule has 0 amide bonds.